The summed E-state index contributed by atoms with van der Waals surface area (Å²) in [5.74, 6) is 0.112. The van der Waals surface area contributed by atoms with Gasteiger partial charge in [0.2, 0.25) is 0 Å². The SMILES string of the molecule is C=CCN(C)C[C@H]1O[C@@H](c2cccc(-c3cccc(CNC(=O)NCC)c3)c2)O[C@@H](c2ccc(CO)cc2)[C@H]1C. The lowest BCUT2D eigenvalue weighted by Gasteiger charge is -2.42. The minimum absolute atomic E-state index is 0.0120. The predicted molar refractivity (Wildman–Crippen MR) is 158 cm³/mol. The van der Waals surface area contributed by atoms with Gasteiger partial charge >= 0.3 is 6.03 Å². The van der Waals surface area contributed by atoms with Gasteiger partial charge in [0, 0.05) is 37.7 Å². The van der Waals surface area contributed by atoms with Crippen molar-refractivity contribution in [3.8, 4) is 11.1 Å². The van der Waals surface area contributed by atoms with Crippen LogP contribution in [0.5, 0.6) is 0 Å². The average Bonchev–Trinajstić information content (AvgIpc) is 2.98. The molecule has 0 unspecified atom stereocenters. The molecule has 212 valence electrons. The zero-order chi connectivity index (χ0) is 28.5. The molecule has 3 aromatic rings. The van der Waals surface area contributed by atoms with Crippen molar-refractivity contribution in [1.82, 2.24) is 15.5 Å². The fourth-order valence-corrected chi connectivity index (χ4v) is 5.06. The first-order valence-electron chi connectivity index (χ1n) is 13.9. The molecular weight excluding hydrogens is 502 g/mol. The molecule has 0 saturated carbocycles. The lowest BCUT2D eigenvalue weighted by molar-refractivity contribution is -0.275. The molecule has 0 radical (unpaired) electrons. The van der Waals surface area contributed by atoms with E-state index in [0.29, 0.717) is 13.1 Å². The monoisotopic (exact) mass is 543 g/mol. The minimum Gasteiger partial charge on any atom is -0.392 e. The lowest BCUT2D eigenvalue weighted by atomic mass is 9.90. The van der Waals surface area contributed by atoms with Crippen LogP contribution in [0.4, 0.5) is 4.79 Å². The molecule has 0 aliphatic carbocycles. The predicted octanol–water partition coefficient (Wildman–Crippen LogP) is 5.57. The van der Waals surface area contributed by atoms with Crippen LogP contribution in [-0.4, -0.2) is 48.8 Å². The van der Waals surface area contributed by atoms with Gasteiger partial charge in [0.05, 0.1) is 18.8 Å². The van der Waals surface area contributed by atoms with Gasteiger partial charge in [-0.1, -0.05) is 73.7 Å². The first-order chi connectivity index (χ1) is 19.4. The molecule has 4 atom stereocenters. The Morgan fingerprint density at radius 3 is 2.40 bits per heavy atom. The van der Waals surface area contributed by atoms with E-state index in [9.17, 15) is 9.90 Å². The van der Waals surface area contributed by atoms with Crippen molar-refractivity contribution in [2.75, 3.05) is 26.7 Å². The summed E-state index contributed by atoms with van der Waals surface area (Å²) in [5, 5.41) is 15.1. The molecule has 0 spiro atoms. The summed E-state index contributed by atoms with van der Waals surface area (Å²) in [4.78, 5) is 14.0. The fourth-order valence-electron chi connectivity index (χ4n) is 5.06. The van der Waals surface area contributed by atoms with Gasteiger partial charge in [-0.15, -0.1) is 6.58 Å². The molecule has 1 aliphatic heterocycles. The molecule has 2 amide bonds. The third kappa shape index (κ3) is 7.58. The number of rotatable bonds is 11. The molecule has 0 bridgehead atoms. The Bertz CT molecular complexity index is 1260. The van der Waals surface area contributed by atoms with Crippen LogP contribution in [0.15, 0.2) is 85.5 Å². The summed E-state index contributed by atoms with van der Waals surface area (Å²) >= 11 is 0. The Hall–Kier alpha value is -3.49. The van der Waals surface area contributed by atoms with E-state index in [1.165, 1.54) is 0 Å². The zero-order valence-corrected chi connectivity index (χ0v) is 23.7. The summed E-state index contributed by atoms with van der Waals surface area (Å²) in [6, 6.07) is 24.2. The Morgan fingerprint density at radius 2 is 1.70 bits per heavy atom. The van der Waals surface area contributed by atoms with Crippen LogP contribution in [0, 0.1) is 5.92 Å². The average molecular weight is 544 g/mol. The lowest BCUT2D eigenvalue weighted by Crippen LogP contribution is -2.43. The van der Waals surface area contributed by atoms with Crippen molar-refractivity contribution in [1.29, 1.82) is 0 Å². The second-order valence-electron chi connectivity index (χ2n) is 10.4. The second kappa shape index (κ2) is 14.2. The highest BCUT2D eigenvalue weighted by Crippen LogP contribution is 2.42. The number of likely N-dealkylation sites (N-methyl/N-ethyl adjacent to an activating group) is 1. The molecule has 0 aromatic heterocycles. The van der Waals surface area contributed by atoms with Gasteiger partial charge in [0.15, 0.2) is 6.29 Å². The van der Waals surface area contributed by atoms with E-state index in [1.807, 2.05) is 61.5 Å². The van der Waals surface area contributed by atoms with Gasteiger partial charge in [0.1, 0.15) is 0 Å². The van der Waals surface area contributed by atoms with Crippen LogP contribution in [0.1, 0.15) is 48.5 Å². The highest BCUT2D eigenvalue weighted by atomic mass is 16.7. The van der Waals surface area contributed by atoms with Crippen molar-refractivity contribution >= 4 is 6.03 Å². The number of benzene rings is 3. The maximum absolute atomic E-state index is 11.8. The van der Waals surface area contributed by atoms with E-state index < -0.39 is 6.29 Å². The van der Waals surface area contributed by atoms with E-state index >= 15 is 0 Å². The Morgan fingerprint density at radius 1 is 0.975 bits per heavy atom. The van der Waals surface area contributed by atoms with Gasteiger partial charge in [-0.3, -0.25) is 0 Å². The Kier molecular flexibility index (Phi) is 10.5. The topological polar surface area (TPSA) is 83.1 Å². The molecule has 7 nitrogen and oxygen atoms in total. The fraction of sp³-hybridized carbons (Fsp3) is 0.364. The summed E-state index contributed by atoms with van der Waals surface area (Å²) < 4.78 is 13.2. The molecule has 7 heteroatoms. The van der Waals surface area contributed by atoms with Crippen molar-refractivity contribution in [2.45, 2.75) is 45.5 Å². The maximum Gasteiger partial charge on any atom is 0.315 e. The third-order valence-corrected chi connectivity index (χ3v) is 7.27. The number of aliphatic hydroxyl groups is 1. The quantitative estimate of drug-likeness (QED) is 0.275. The zero-order valence-electron chi connectivity index (χ0n) is 23.7. The van der Waals surface area contributed by atoms with E-state index in [0.717, 1.165) is 46.5 Å². The van der Waals surface area contributed by atoms with Crippen LogP contribution >= 0.6 is 0 Å². The standard InChI is InChI=1S/C33H41N3O4/c1-5-17-36(4)21-30-23(3)31(26-15-13-24(22-37)14-16-26)40-32(39-30)29-12-8-11-28(19-29)27-10-7-9-25(18-27)20-35-33(38)34-6-2/h5,7-16,18-19,23,30-32,37H,1,6,17,20-22H2,2-4H3,(H2,34,35,38)/t23-,30+,31+,32+/m0/s1. The normalized spacial score (nSPS) is 20.7. The van der Waals surface area contributed by atoms with Crippen molar-refractivity contribution in [2.24, 2.45) is 5.92 Å². The number of hydrogen-bond donors (Lipinski definition) is 3. The Labute approximate surface area is 237 Å². The number of aliphatic hydroxyl groups excluding tert-OH is 1. The first kappa shape index (κ1) is 29.5. The summed E-state index contributed by atoms with van der Waals surface area (Å²) in [5.41, 5.74) is 6.01. The number of nitrogens with one attached hydrogen (secondary N) is 2. The number of amides is 2. The first-order valence-corrected chi connectivity index (χ1v) is 13.9. The maximum atomic E-state index is 11.8. The number of carbonyl (C=O) groups excluding carboxylic acids is 1. The van der Waals surface area contributed by atoms with Gasteiger partial charge < -0.3 is 30.1 Å². The number of ether oxygens (including phenoxy) is 2. The van der Waals surface area contributed by atoms with Gasteiger partial charge in [-0.05, 0) is 53.9 Å². The largest absolute Gasteiger partial charge is 0.392 e. The number of nitrogens with zero attached hydrogens (tertiary/aromatic N) is 1. The number of urea groups is 1. The highest BCUT2D eigenvalue weighted by molar-refractivity contribution is 5.74. The van der Waals surface area contributed by atoms with Crippen LogP contribution < -0.4 is 10.6 Å². The third-order valence-electron chi connectivity index (χ3n) is 7.27. The smallest absolute Gasteiger partial charge is 0.315 e. The minimum atomic E-state index is -0.539. The van der Waals surface area contributed by atoms with Gasteiger partial charge in [-0.25, -0.2) is 4.79 Å². The molecule has 1 fully saturated rings. The Balaban J connectivity index is 1.59. The van der Waals surface area contributed by atoms with E-state index in [-0.39, 0.29) is 30.8 Å². The molecule has 40 heavy (non-hydrogen) atoms. The van der Waals surface area contributed by atoms with Crippen molar-refractivity contribution in [3.05, 3.63) is 108 Å². The summed E-state index contributed by atoms with van der Waals surface area (Å²) in [6.07, 6.45) is 1.14. The van der Waals surface area contributed by atoms with Crippen molar-refractivity contribution < 1.29 is 19.4 Å². The summed E-state index contributed by atoms with van der Waals surface area (Å²) in [7, 11) is 2.07. The highest BCUT2D eigenvalue weighted by Gasteiger charge is 2.38. The summed E-state index contributed by atoms with van der Waals surface area (Å²) in [6.45, 7) is 10.5. The van der Waals surface area contributed by atoms with E-state index in [4.69, 9.17) is 9.47 Å². The molecule has 1 heterocycles. The molecule has 3 N–H and O–H groups in total. The van der Waals surface area contributed by atoms with Gasteiger partial charge in [0.25, 0.3) is 0 Å². The number of carbonyl (C=O) groups is 1. The molecular formula is C33H41N3O4. The molecule has 4 rings (SSSR count). The number of hydrogen-bond acceptors (Lipinski definition) is 5. The van der Waals surface area contributed by atoms with Crippen LogP contribution in [-0.2, 0) is 22.6 Å². The van der Waals surface area contributed by atoms with Crippen molar-refractivity contribution in [3.63, 3.8) is 0 Å². The van der Waals surface area contributed by atoms with Crippen LogP contribution in [0.25, 0.3) is 11.1 Å². The molecule has 3 aromatic carbocycles. The van der Waals surface area contributed by atoms with Crippen LogP contribution in [0.3, 0.4) is 0 Å². The van der Waals surface area contributed by atoms with E-state index in [2.05, 4.69) is 60.3 Å². The van der Waals surface area contributed by atoms with E-state index in [1.54, 1.807) is 0 Å². The van der Waals surface area contributed by atoms with Crippen LogP contribution in [0.2, 0.25) is 0 Å². The molecule has 1 aliphatic rings. The second-order valence-corrected chi connectivity index (χ2v) is 10.4. The molecule has 1 saturated heterocycles. The van der Waals surface area contributed by atoms with Gasteiger partial charge in [-0.2, -0.15) is 0 Å².